The Labute approximate surface area is 197 Å². The molecule has 1 unspecified atom stereocenters. The van der Waals surface area contributed by atoms with Crippen molar-refractivity contribution in [1.82, 2.24) is 4.90 Å². The monoisotopic (exact) mass is 445 g/mol. The standard InChI is InChI=1S/C29H35NO3/c1-7-21(3)30(6)28(32)27-18-26(15-10-22(27)19-31)33-25-16-13-24(14-17-25)29(4,5)23-11-8-20(2)9-12-23/h8-18,21,31H,7,19H2,1-6H3. The van der Waals surface area contributed by atoms with Gasteiger partial charge in [0.15, 0.2) is 0 Å². The Morgan fingerprint density at radius 1 is 0.970 bits per heavy atom. The van der Waals surface area contributed by atoms with E-state index >= 15 is 0 Å². The molecule has 0 heterocycles. The highest BCUT2D eigenvalue weighted by molar-refractivity contribution is 5.96. The van der Waals surface area contributed by atoms with Gasteiger partial charge in [0, 0.05) is 24.1 Å². The van der Waals surface area contributed by atoms with Crippen LogP contribution in [0.4, 0.5) is 0 Å². The van der Waals surface area contributed by atoms with E-state index in [0.717, 1.165) is 6.42 Å². The van der Waals surface area contributed by atoms with Crippen molar-refractivity contribution in [3.8, 4) is 11.5 Å². The number of ether oxygens (including phenoxy) is 1. The molecule has 3 aromatic carbocycles. The number of hydrogen-bond donors (Lipinski definition) is 1. The molecule has 1 atom stereocenters. The number of nitrogens with zero attached hydrogens (tertiary/aromatic N) is 1. The van der Waals surface area contributed by atoms with Crippen LogP contribution in [0.15, 0.2) is 66.7 Å². The van der Waals surface area contributed by atoms with Gasteiger partial charge in [0.05, 0.1) is 6.61 Å². The number of aliphatic hydroxyl groups is 1. The zero-order valence-corrected chi connectivity index (χ0v) is 20.6. The second kappa shape index (κ2) is 10.2. The predicted molar refractivity (Wildman–Crippen MR) is 134 cm³/mol. The summed E-state index contributed by atoms with van der Waals surface area (Å²) < 4.78 is 6.07. The molecule has 0 aliphatic carbocycles. The van der Waals surface area contributed by atoms with E-state index < -0.39 is 0 Å². The summed E-state index contributed by atoms with van der Waals surface area (Å²) in [6, 6.07) is 22.1. The Bertz CT molecular complexity index is 1080. The molecular formula is C29H35NO3. The number of amides is 1. The lowest BCUT2D eigenvalue weighted by Crippen LogP contribution is -2.35. The molecule has 0 radical (unpaired) electrons. The molecule has 3 rings (SSSR count). The lowest BCUT2D eigenvalue weighted by molar-refractivity contribution is 0.0737. The molecular weight excluding hydrogens is 410 g/mol. The zero-order chi connectivity index (χ0) is 24.2. The number of carbonyl (C=O) groups excluding carboxylic acids is 1. The quantitative estimate of drug-likeness (QED) is 0.432. The molecule has 0 saturated carbocycles. The van der Waals surface area contributed by atoms with Crippen LogP contribution in [0, 0.1) is 6.92 Å². The van der Waals surface area contributed by atoms with E-state index in [1.165, 1.54) is 16.7 Å². The minimum atomic E-state index is -0.196. The highest BCUT2D eigenvalue weighted by Crippen LogP contribution is 2.33. The van der Waals surface area contributed by atoms with Gasteiger partial charge in [-0.3, -0.25) is 4.79 Å². The smallest absolute Gasteiger partial charge is 0.254 e. The third-order valence-corrected chi connectivity index (χ3v) is 6.64. The maximum absolute atomic E-state index is 13.0. The molecule has 4 nitrogen and oxygen atoms in total. The first-order valence-corrected chi connectivity index (χ1v) is 11.5. The van der Waals surface area contributed by atoms with Crippen molar-refractivity contribution in [2.45, 2.75) is 59.1 Å². The van der Waals surface area contributed by atoms with Crippen LogP contribution in [-0.4, -0.2) is 29.0 Å². The van der Waals surface area contributed by atoms with E-state index in [9.17, 15) is 9.90 Å². The molecule has 4 heteroatoms. The summed E-state index contributed by atoms with van der Waals surface area (Å²) in [5, 5.41) is 9.73. The molecule has 0 aliphatic heterocycles. The third kappa shape index (κ3) is 5.45. The molecule has 0 aromatic heterocycles. The molecule has 174 valence electrons. The molecule has 0 spiro atoms. The van der Waals surface area contributed by atoms with Gasteiger partial charge in [0.2, 0.25) is 0 Å². The molecule has 0 saturated heterocycles. The summed E-state index contributed by atoms with van der Waals surface area (Å²) in [5.74, 6) is 1.15. The van der Waals surface area contributed by atoms with Crippen molar-refractivity contribution in [3.63, 3.8) is 0 Å². The average Bonchev–Trinajstić information content (AvgIpc) is 2.83. The van der Waals surface area contributed by atoms with Crippen LogP contribution in [-0.2, 0) is 12.0 Å². The second-order valence-corrected chi connectivity index (χ2v) is 9.27. The maximum atomic E-state index is 13.0. The average molecular weight is 446 g/mol. The van der Waals surface area contributed by atoms with Crippen LogP contribution in [0.1, 0.15) is 66.7 Å². The minimum absolute atomic E-state index is 0.109. The van der Waals surface area contributed by atoms with Gasteiger partial charge < -0.3 is 14.7 Å². The van der Waals surface area contributed by atoms with E-state index in [1.807, 2.05) is 26.0 Å². The maximum Gasteiger partial charge on any atom is 0.254 e. The van der Waals surface area contributed by atoms with Gasteiger partial charge in [-0.1, -0.05) is 68.8 Å². The van der Waals surface area contributed by atoms with Crippen molar-refractivity contribution in [3.05, 3.63) is 94.5 Å². The van der Waals surface area contributed by atoms with Gasteiger partial charge in [-0.05, 0) is 61.2 Å². The number of hydrogen-bond acceptors (Lipinski definition) is 3. The SMILES string of the molecule is CCC(C)N(C)C(=O)c1cc(Oc2ccc(C(C)(C)c3ccc(C)cc3)cc2)ccc1CO. The number of benzene rings is 3. The summed E-state index contributed by atoms with van der Waals surface area (Å²) in [7, 11) is 1.79. The summed E-state index contributed by atoms with van der Waals surface area (Å²) in [4.78, 5) is 14.7. The van der Waals surface area contributed by atoms with Crippen LogP contribution >= 0.6 is 0 Å². The van der Waals surface area contributed by atoms with E-state index in [2.05, 4.69) is 57.2 Å². The largest absolute Gasteiger partial charge is 0.457 e. The van der Waals surface area contributed by atoms with Crippen molar-refractivity contribution in [2.24, 2.45) is 0 Å². The summed E-state index contributed by atoms with van der Waals surface area (Å²) in [5.41, 5.74) is 4.64. The zero-order valence-electron chi connectivity index (χ0n) is 20.6. The van der Waals surface area contributed by atoms with E-state index in [-0.39, 0.29) is 24.0 Å². The normalized spacial score (nSPS) is 12.3. The predicted octanol–water partition coefficient (Wildman–Crippen LogP) is 6.48. The highest BCUT2D eigenvalue weighted by Gasteiger charge is 2.23. The van der Waals surface area contributed by atoms with Crippen LogP contribution < -0.4 is 4.74 Å². The van der Waals surface area contributed by atoms with Gasteiger partial charge >= 0.3 is 0 Å². The summed E-state index contributed by atoms with van der Waals surface area (Å²) in [6.07, 6.45) is 0.859. The minimum Gasteiger partial charge on any atom is -0.457 e. The fraction of sp³-hybridized carbons (Fsp3) is 0.345. The van der Waals surface area contributed by atoms with Crippen LogP contribution in [0.25, 0.3) is 0 Å². The molecule has 0 fully saturated rings. The fourth-order valence-electron chi connectivity index (χ4n) is 3.83. The van der Waals surface area contributed by atoms with Crippen molar-refractivity contribution in [1.29, 1.82) is 0 Å². The van der Waals surface area contributed by atoms with Gasteiger partial charge in [0.25, 0.3) is 5.91 Å². The van der Waals surface area contributed by atoms with Crippen LogP contribution in [0.3, 0.4) is 0 Å². The Morgan fingerprint density at radius 2 is 1.52 bits per heavy atom. The number of carbonyl (C=O) groups is 1. The topological polar surface area (TPSA) is 49.8 Å². The first-order chi connectivity index (χ1) is 15.7. The Hall–Kier alpha value is -3.11. The van der Waals surface area contributed by atoms with Gasteiger partial charge in [0.1, 0.15) is 11.5 Å². The fourth-order valence-corrected chi connectivity index (χ4v) is 3.83. The van der Waals surface area contributed by atoms with Gasteiger partial charge in [-0.2, -0.15) is 0 Å². The highest BCUT2D eigenvalue weighted by atomic mass is 16.5. The number of aryl methyl sites for hydroxylation is 1. The molecule has 1 N–H and O–H groups in total. The molecule has 0 bridgehead atoms. The van der Waals surface area contributed by atoms with Gasteiger partial charge in [-0.25, -0.2) is 0 Å². The molecule has 33 heavy (non-hydrogen) atoms. The van der Waals surface area contributed by atoms with Crippen molar-refractivity contribution in [2.75, 3.05) is 7.05 Å². The molecule has 0 aliphatic rings. The lowest BCUT2D eigenvalue weighted by Gasteiger charge is -2.26. The lowest BCUT2D eigenvalue weighted by atomic mass is 9.78. The van der Waals surface area contributed by atoms with E-state index in [4.69, 9.17) is 4.74 Å². The second-order valence-electron chi connectivity index (χ2n) is 9.27. The first-order valence-electron chi connectivity index (χ1n) is 11.5. The number of rotatable bonds is 8. The third-order valence-electron chi connectivity index (χ3n) is 6.64. The van der Waals surface area contributed by atoms with Crippen LogP contribution in [0.5, 0.6) is 11.5 Å². The van der Waals surface area contributed by atoms with Crippen molar-refractivity contribution < 1.29 is 14.6 Å². The summed E-state index contributed by atoms with van der Waals surface area (Å²) >= 11 is 0. The van der Waals surface area contributed by atoms with E-state index in [1.54, 1.807) is 30.1 Å². The van der Waals surface area contributed by atoms with Crippen LogP contribution in [0.2, 0.25) is 0 Å². The number of aliphatic hydroxyl groups excluding tert-OH is 1. The first kappa shape index (κ1) is 24.5. The molecule has 3 aromatic rings. The van der Waals surface area contributed by atoms with Crippen molar-refractivity contribution >= 4 is 5.91 Å². The van der Waals surface area contributed by atoms with E-state index in [0.29, 0.717) is 22.6 Å². The Kier molecular flexibility index (Phi) is 7.60. The summed E-state index contributed by atoms with van der Waals surface area (Å²) in [6.45, 7) is 10.4. The van der Waals surface area contributed by atoms with Gasteiger partial charge in [-0.15, -0.1) is 0 Å². The Morgan fingerprint density at radius 3 is 2.06 bits per heavy atom. The molecule has 1 amide bonds. The Balaban J connectivity index is 1.82.